The molecule has 0 heterocycles. The zero-order valence-corrected chi connectivity index (χ0v) is 11.5. The molecule has 0 radical (unpaired) electrons. The Kier molecular flexibility index (Phi) is 4.90. The van der Waals surface area contributed by atoms with E-state index in [9.17, 15) is 5.11 Å². The monoisotopic (exact) mass is 267 g/mol. The Hall–Kier alpha value is -0.730. The molecular formula is C15H22ClNO. The largest absolute Gasteiger partial charge is 0.394 e. The first-order chi connectivity index (χ1) is 8.74. The molecule has 1 aromatic rings. The number of anilines is 1. The molecule has 3 heteroatoms. The van der Waals surface area contributed by atoms with Crippen molar-refractivity contribution < 1.29 is 5.11 Å². The average Bonchev–Trinajstić information content (AvgIpc) is 2.36. The summed E-state index contributed by atoms with van der Waals surface area (Å²) >= 11 is 5.89. The molecule has 1 fully saturated rings. The third kappa shape index (κ3) is 3.63. The summed E-state index contributed by atoms with van der Waals surface area (Å²) in [6.45, 7) is 0.204. The van der Waals surface area contributed by atoms with Crippen LogP contribution in [0.5, 0.6) is 0 Å². The van der Waals surface area contributed by atoms with Crippen molar-refractivity contribution in [1.29, 1.82) is 0 Å². The zero-order chi connectivity index (χ0) is 12.8. The number of hydrogen-bond donors (Lipinski definition) is 2. The van der Waals surface area contributed by atoms with Crippen LogP contribution in [0.3, 0.4) is 0 Å². The molecule has 1 saturated carbocycles. The Morgan fingerprint density at radius 1 is 1.00 bits per heavy atom. The molecular weight excluding hydrogens is 246 g/mol. The molecule has 0 bridgehead atoms. The van der Waals surface area contributed by atoms with Gasteiger partial charge in [-0.2, -0.15) is 0 Å². The van der Waals surface area contributed by atoms with Gasteiger partial charge in [0.2, 0.25) is 0 Å². The molecule has 2 nitrogen and oxygen atoms in total. The van der Waals surface area contributed by atoms with Crippen molar-refractivity contribution >= 4 is 17.3 Å². The lowest BCUT2D eigenvalue weighted by atomic mass is 9.84. The lowest BCUT2D eigenvalue weighted by Crippen LogP contribution is -2.42. The van der Waals surface area contributed by atoms with Crippen molar-refractivity contribution in [3.8, 4) is 0 Å². The van der Waals surface area contributed by atoms with E-state index in [1.165, 1.54) is 32.1 Å². The second-order valence-corrected chi connectivity index (χ2v) is 5.77. The van der Waals surface area contributed by atoms with Crippen molar-refractivity contribution in [2.24, 2.45) is 0 Å². The second-order valence-electron chi connectivity index (χ2n) is 5.34. The van der Waals surface area contributed by atoms with Gasteiger partial charge in [0.15, 0.2) is 0 Å². The third-order valence-electron chi connectivity index (χ3n) is 3.87. The first-order valence-electron chi connectivity index (χ1n) is 6.89. The van der Waals surface area contributed by atoms with Crippen LogP contribution in [-0.2, 0) is 0 Å². The van der Waals surface area contributed by atoms with Crippen LogP contribution in [0.25, 0.3) is 0 Å². The van der Waals surface area contributed by atoms with Crippen LogP contribution in [-0.4, -0.2) is 17.3 Å². The first-order valence-corrected chi connectivity index (χ1v) is 7.27. The number of rotatable bonds is 3. The Morgan fingerprint density at radius 3 is 2.11 bits per heavy atom. The highest BCUT2D eigenvalue weighted by Gasteiger charge is 2.29. The maximum absolute atomic E-state index is 9.79. The van der Waals surface area contributed by atoms with Gasteiger partial charge in [-0.25, -0.2) is 0 Å². The number of benzene rings is 1. The fourth-order valence-electron chi connectivity index (χ4n) is 2.74. The Bertz CT molecular complexity index is 355. The summed E-state index contributed by atoms with van der Waals surface area (Å²) in [7, 11) is 0. The quantitative estimate of drug-likeness (QED) is 0.859. The predicted molar refractivity (Wildman–Crippen MR) is 77.2 cm³/mol. The van der Waals surface area contributed by atoms with E-state index in [0.29, 0.717) is 0 Å². The highest BCUT2D eigenvalue weighted by atomic mass is 35.5. The highest BCUT2D eigenvalue weighted by molar-refractivity contribution is 6.30. The van der Waals surface area contributed by atoms with Gasteiger partial charge < -0.3 is 10.4 Å². The van der Waals surface area contributed by atoms with Crippen molar-refractivity contribution in [3.05, 3.63) is 29.3 Å². The van der Waals surface area contributed by atoms with Crippen LogP contribution in [0, 0.1) is 0 Å². The van der Waals surface area contributed by atoms with E-state index in [2.05, 4.69) is 5.32 Å². The van der Waals surface area contributed by atoms with Gasteiger partial charge in [-0.15, -0.1) is 0 Å². The molecule has 2 N–H and O–H groups in total. The molecule has 0 saturated heterocycles. The van der Waals surface area contributed by atoms with Crippen LogP contribution in [0.1, 0.15) is 44.9 Å². The zero-order valence-electron chi connectivity index (χ0n) is 10.8. The van der Waals surface area contributed by atoms with Crippen LogP contribution in [0.15, 0.2) is 24.3 Å². The molecule has 100 valence electrons. The van der Waals surface area contributed by atoms with Gasteiger partial charge in [-0.3, -0.25) is 0 Å². The topological polar surface area (TPSA) is 32.3 Å². The standard InChI is InChI=1S/C15H22ClNO/c16-13-6-8-14(9-7-13)17-15(12-18)10-4-2-1-3-5-11-15/h6-9,17-18H,1-5,10-12H2. The van der Waals surface area contributed by atoms with Gasteiger partial charge in [-0.05, 0) is 37.1 Å². The molecule has 1 aliphatic rings. The van der Waals surface area contributed by atoms with E-state index in [4.69, 9.17) is 11.6 Å². The first kappa shape index (κ1) is 13.7. The van der Waals surface area contributed by atoms with E-state index in [1.807, 2.05) is 24.3 Å². The molecule has 0 aliphatic heterocycles. The minimum absolute atomic E-state index is 0.145. The predicted octanol–water partition coefficient (Wildman–Crippen LogP) is 4.23. The Balaban J connectivity index is 2.07. The number of hydrogen-bond acceptors (Lipinski definition) is 2. The average molecular weight is 268 g/mol. The molecule has 0 unspecified atom stereocenters. The normalized spacial score (nSPS) is 19.9. The van der Waals surface area contributed by atoms with Crippen LogP contribution < -0.4 is 5.32 Å². The van der Waals surface area contributed by atoms with E-state index in [-0.39, 0.29) is 12.1 Å². The molecule has 18 heavy (non-hydrogen) atoms. The summed E-state index contributed by atoms with van der Waals surface area (Å²) < 4.78 is 0. The molecule has 1 aliphatic carbocycles. The second kappa shape index (κ2) is 6.44. The van der Waals surface area contributed by atoms with Crippen LogP contribution in [0.2, 0.25) is 5.02 Å². The van der Waals surface area contributed by atoms with Crippen LogP contribution in [0.4, 0.5) is 5.69 Å². The summed E-state index contributed by atoms with van der Waals surface area (Å²) in [6.07, 6.45) is 8.39. The molecule has 0 amide bonds. The summed E-state index contributed by atoms with van der Waals surface area (Å²) in [4.78, 5) is 0. The fraction of sp³-hybridized carbons (Fsp3) is 0.600. The molecule has 0 aromatic heterocycles. The lowest BCUT2D eigenvalue weighted by Gasteiger charge is -2.35. The smallest absolute Gasteiger partial charge is 0.0661 e. The maximum Gasteiger partial charge on any atom is 0.0661 e. The fourth-order valence-corrected chi connectivity index (χ4v) is 2.87. The minimum Gasteiger partial charge on any atom is -0.394 e. The summed E-state index contributed by atoms with van der Waals surface area (Å²) in [5.74, 6) is 0. The van der Waals surface area contributed by atoms with Gasteiger partial charge in [-0.1, -0.05) is 43.7 Å². The van der Waals surface area contributed by atoms with E-state index < -0.39 is 0 Å². The van der Waals surface area contributed by atoms with Gasteiger partial charge in [0.25, 0.3) is 0 Å². The van der Waals surface area contributed by atoms with E-state index in [1.54, 1.807) is 0 Å². The molecule has 2 rings (SSSR count). The molecule has 1 aromatic carbocycles. The van der Waals surface area contributed by atoms with E-state index >= 15 is 0 Å². The van der Waals surface area contributed by atoms with Gasteiger partial charge in [0.1, 0.15) is 0 Å². The van der Waals surface area contributed by atoms with Gasteiger partial charge in [0.05, 0.1) is 12.1 Å². The van der Waals surface area contributed by atoms with Gasteiger partial charge in [0, 0.05) is 10.7 Å². The number of aliphatic hydroxyl groups is 1. The maximum atomic E-state index is 9.79. The Morgan fingerprint density at radius 2 is 1.56 bits per heavy atom. The summed E-state index contributed by atoms with van der Waals surface area (Å²) in [6, 6.07) is 7.74. The van der Waals surface area contributed by atoms with E-state index in [0.717, 1.165) is 23.6 Å². The number of aliphatic hydroxyl groups excluding tert-OH is 1. The van der Waals surface area contributed by atoms with Crippen molar-refractivity contribution in [2.45, 2.75) is 50.5 Å². The minimum atomic E-state index is -0.145. The SMILES string of the molecule is OCC1(Nc2ccc(Cl)cc2)CCCCCCC1. The van der Waals surface area contributed by atoms with Gasteiger partial charge >= 0.3 is 0 Å². The van der Waals surface area contributed by atoms with Crippen molar-refractivity contribution in [1.82, 2.24) is 0 Å². The number of nitrogens with one attached hydrogen (secondary N) is 1. The number of halogens is 1. The highest BCUT2D eigenvalue weighted by Crippen LogP contribution is 2.30. The summed E-state index contributed by atoms with van der Waals surface area (Å²) in [5, 5.41) is 14.1. The lowest BCUT2D eigenvalue weighted by molar-refractivity contribution is 0.182. The Labute approximate surface area is 114 Å². The van der Waals surface area contributed by atoms with Crippen LogP contribution >= 0.6 is 11.6 Å². The third-order valence-corrected chi connectivity index (χ3v) is 4.12. The van der Waals surface area contributed by atoms with Crippen molar-refractivity contribution in [2.75, 3.05) is 11.9 Å². The summed E-state index contributed by atoms with van der Waals surface area (Å²) in [5.41, 5.74) is 0.905. The molecule has 0 atom stereocenters. The van der Waals surface area contributed by atoms with Crippen molar-refractivity contribution in [3.63, 3.8) is 0 Å². The molecule has 0 spiro atoms.